The Labute approximate surface area is 282 Å². The molecule has 1 aliphatic heterocycles. The fourth-order valence-corrected chi connectivity index (χ4v) is 8.30. The minimum absolute atomic E-state index is 0.0214. The van der Waals surface area contributed by atoms with Crippen molar-refractivity contribution >= 4 is 17.3 Å². The number of Topliss-reactive ketones (excluding diaryl/α,β-unsaturated/α-hetero) is 2. The van der Waals surface area contributed by atoms with Gasteiger partial charge >= 0.3 is 0 Å². The number of rotatable bonds is 10. The van der Waals surface area contributed by atoms with Gasteiger partial charge in [0.25, 0.3) is 5.88 Å². The number of aromatic nitrogens is 1. The maximum absolute atomic E-state index is 16.7. The highest BCUT2D eigenvalue weighted by Crippen LogP contribution is 2.57. The molecule has 4 atom stereocenters. The normalized spacial score (nSPS) is 25.4. The lowest BCUT2D eigenvalue weighted by molar-refractivity contribution is -0.142. The van der Waals surface area contributed by atoms with Crippen LogP contribution in [-0.4, -0.2) is 82.7 Å². The first-order valence-corrected chi connectivity index (χ1v) is 17.5. The molecular weight excluding hydrogens is 617 g/mol. The van der Waals surface area contributed by atoms with Gasteiger partial charge in [-0.15, -0.1) is 0 Å². The Balaban J connectivity index is 1.49. The van der Waals surface area contributed by atoms with E-state index >= 15 is 4.39 Å². The van der Waals surface area contributed by atoms with Crippen LogP contribution in [0.5, 0.6) is 11.6 Å². The molecule has 2 aromatic rings. The third kappa shape index (κ3) is 5.55. The molecule has 0 unspecified atom stereocenters. The summed E-state index contributed by atoms with van der Waals surface area (Å²) >= 11 is 0. The van der Waals surface area contributed by atoms with Crippen LogP contribution >= 0.6 is 0 Å². The molecule has 262 valence electrons. The van der Waals surface area contributed by atoms with E-state index in [1.54, 1.807) is 19.0 Å². The van der Waals surface area contributed by atoms with Crippen LogP contribution in [0.25, 0.3) is 5.76 Å². The number of carbonyl (C=O) groups excluding carboxylic acids is 2. The molecule has 0 spiro atoms. The van der Waals surface area contributed by atoms with E-state index in [9.17, 15) is 19.8 Å². The van der Waals surface area contributed by atoms with Crippen LogP contribution in [-0.2, 0) is 24.2 Å². The number of hydrogen-bond donors (Lipinski definition) is 2. The van der Waals surface area contributed by atoms with Gasteiger partial charge in [-0.1, -0.05) is 47.5 Å². The molecule has 2 heterocycles. The first-order valence-electron chi connectivity index (χ1n) is 17.5. The molecule has 1 aromatic heterocycles. The lowest BCUT2D eigenvalue weighted by Crippen LogP contribution is -2.63. The molecule has 3 aliphatic carbocycles. The molecule has 0 radical (unpaired) electrons. The molecule has 0 bridgehead atoms. The van der Waals surface area contributed by atoms with Crippen molar-refractivity contribution in [2.75, 3.05) is 40.4 Å². The predicted molar refractivity (Wildman–Crippen MR) is 178 cm³/mol. The summed E-state index contributed by atoms with van der Waals surface area (Å²) in [4.78, 5) is 33.0. The van der Waals surface area contributed by atoms with Gasteiger partial charge in [-0.2, -0.15) is 0 Å². The van der Waals surface area contributed by atoms with E-state index in [-0.39, 0.29) is 52.4 Å². The van der Waals surface area contributed by atoms with Crippen LogP contribution in [0.3, 0.4) is 0 Å². The van der Waals surface area contributed by atoms with Crippen molar-refractivity contribution in [2.45, 2.75) is 97.8 Å². The van der Waals surface area contributed by atoms with Crippen LogP contribution in [0.1, 0.15) is 111 Å². The average Bonchev–Trinajstić information content (AvgIpc) is 3.43. The van der Waals surface area contributed by atoms with Gasteiger partial charge in [-0.05, 0) is 68.3 Å². The van der Waals surface area contributed by atoms with Crippen molar-refractivity contribution in [3.05, 3.63) is 45.0 Å². The highest BCUT2D eigenvalue weighted by atomic mass is 19.1. The molecule has 4 aliphatic rings. The Morgan fingerprint density at radius 1 is 1.04 bits per heavy atom. The molecule has 1 saturated carbocycles. The van der Waals surface area contributed by atoms with Gasteiger partial charge in [0, 0.05) is 42.3 Å². The number of ether oxygens (including phenoxy) is 2. The molecule has 48 heavy (non-hydrogen) atoms. The summed E-state index contributed by atoms with van der Waals surface area (Å²) in [5.74, 6) is -3.48. The highest BCUT2D eigenvalue weighted by molar-refractivity contribution is 6.26. The molecule has 2 N–H and O–H groups in total. The highest BCUT2D eigenvalue weighted by Gasteiger charge is 2.65. The van der Waals surface area contributed by atoms with Crippen LogP contribution in [0.15, 0.2) is 10.1 Å². The average molecular weight is 668 g/mol. The zero-order valence-corrected chi connectivity index (χ0v) is 29.4. The summed E-state index contributed by atoms with van der Waals surface area (Å²) in [5, 5.41) is 28.4. The number of unbranched alkanes of at least 4 members (excludes halogenated alkanes) is 2. The molecule has 0 amide bonds. The van der Waals surface area contributed by atoms with Crippen LogP contribution in [0.2, 0.25) is 0 Å². The number of nitrogens with zero attached hydrogens (tertiary/aromatic N) is 3. The molecule has 11 heteroatoms. The second-order valence-corrected chi connectivity index (χ2v) is 15.4. The SMILES string of the molecule is CCCCOc1noc2c1C(=O)[C@@]1(O)C(=O)C3=C(O)c4c(c(F)c5c(c4OCCCC)CN(CC(C)(C)C)CC5)C[C@H]3C[C@H]1[C@@H]2N(C)C. The zero-order chi connectivity index (χ0) is 34.7. The largest absolute Gasteiger partial charge is 0.507 e. The van der Waals surface area contributed by atoms with Crippen molar-refractivity contribution in [1.82, 2.24) is 15.0 Å². The van der Waals surface area contributed by atoms with Gasteiger partial charge in [-0.3, -0.25) is 19.4 Å². The molecule has 0 saturated heterocycles. The summed E-state index contributed by atoms with van der Waals surface area (Å²) in [6.45, 7) is 13.1. The summed E-state index contributed by atoms with van der Waals surface area (Å²) in [7, 11) is 3.56. The molecule has 1 aromatic carbocycles. The van der Waals surface area contributed by atoms with E-state index in [4.69, 9.17) is 14.0 Å². The van der Waals surface area contributed by atoms with E-state index in [2.05, 4.69) is 37.8 Å². The number of carbonyl (C=O) groups is 2. The number of ketones is 2. The predicted octanol–water partition coefficient (Wildman–Crippen LogP) is 5.84. The third-order valence-electron chi connectivity index (χ3n) is 10.4. The summed E-state index contributed by atoms with van der Waals surface area (Å²) in [5.41, 5.74) is -0.806. The van der Waals surface area contributed by atoms with E-state index in [0.717, 1.165) is 32.2 Å². The topological polar surface area (TPSA) is 126 Å². The lowest BCUT2D eigenvalue weighted by atomic mass is 9.57. The molecular formula is C37H50FN3O7. The summed E-state index contributed by atoms with van der Waals surface area (Å²) in [6, 6.07) is -0.692. The number of hydrogen-bond acceptors (Lipinski definition) is 10. The van der Waals surface area contributed by atoms with Crippen LogP contribution < -0.4 is 9.47 Å². The van der Waals surface area contributed by atoms with Gasteiger partial charge in [0.15, 0.2) is 11.4 Å². The van der Waals surface area contributed by atoms with Gasteiger partial charge in [0.2, 0.25) is 11.6 Å². The minimum Gasteiger partial charge on any atom is -0.507 e. The fourth-order valence-electron chi connectivity index (χ4n) is 8.30. The Kier molecular flexibility index (Phi) is 9.28. The third-order valence-corrected chi connectivity index (χ3v) is 10.4. The lowest BCUT2D eigenvalue weighted by Gasteiger charge is -2.49. The van der Waals surface area contributed by atoms with Crippen molar-refractivity contribution in [1.29, 1.82) is 0 Å². The number of aliphatic hydroxyl groups excluding tert-OH is 1. The monoisotopic (exact) mass is 667 g/mol. The maximum atomic E-state index is 16.7. The Hall–Kier alpha value is -3.28. The van der Waals surface area contributed by atoms with Crippen molar-refractivity contribution in [3.8, 4) is 11.6 Å². The first kappa shape index (κ1) is 34.6. The van der Waals surface area contributed by atoms with Crippen LogP contribution in [0.4, 0.5) is 4.39 Å². The van der Waals surface area contributed by atoms with Crippen molar-refractivity contribution < 1.29 is 38.2 Å². The van der Waals surface area contributed by atoms with Gasteiger partial charge in [0.1, 0.15) is 22.9 Å². The molecule has 1 fully saturated rings. The van der Waals surface area contributed by atoms with Gasteiger partial charge in [0.05, 0.1) is 24.8 Å². The van der Waals surface area contributed by atoms with E-state index in [0.29, 0.717) is 55.2 Å². The first-order chi connectivity index (χ1) is 22.7. The van der Waals surface area contributed by atoms with Gasteiger partial charge < -0.3 is 24.2 Å². The maximum Gasteiger partial charge on any atom is 0.265 e. The summed E-state index contributed by atoms with van der Waals surface area (Å²) < 4.78 is 34.5. The Morgan fingerprint density at radius 3 is 2.38 bits per heavy atom. The second-order valence-electron chi connectivity index (χ2n) is 15.4. The molecule has 10 nitrogen and oxygen atoms in total. The smallest absolute Gasteiger partial charge is 0.265 e. The quantitative estimate of drug-likeness (QED) is 0.236. The Morgan fingerprint density at radius 2 is 1.73 bits per heavy atom. The van der Waals surface area contributed by atoms with Crippen LogP contribution in [0, 0.1) is 23.1 Å². The minimum atomic E-state index is -2.51. The van der Waals surface area contributed by atoms with Crippen molar-refractivity contribution in [3.63, 3.8) is 0 Å². The number of halogens is 1. The zero-order valence-electron chi connectivity index (χ0n) is 29.4. The standard InChI is InChI=1S/C37H50FN3O7/c1-8-10-14-46-31-23-18-41(19-36(3,4)5)13-12-21(23)28(38)22-16-20-17-24-29(40(6)7)32-27(35(39-48-32)47-15-11-9-2)34(44)37(24,45)33(43)25(20)30(42)26(22)31/h20,24,29,42,45H,8-19H2,1-7H3/t20-,24-,29-,37-/m0/s1. The van der Waals surface area contributed by atoms with E-state index in [1.165, 1.54) is 0 Å². The van der Waals surface area contributed by atoms with Crippen molar-refractivity contribution in [2.24, 2.45) is 17.3 Å². The van der Waals surface area contributed by atoms with E-state index in [1.807, 2.05) is 6.92 Å². The fraction of sp³-hybridized carbons (Fsp3) is 0.649. The van der Waals surface area contributed by atoms with E-state index < -0.39 is 40.8 Å². The number of fused-ring (bicyclic) bond motifs is 5. The number of benzene rings is 1. The van der Waals surface area contributed by atoms with Gasteiger partial charge in [-0.25, -0.2) is 4.39 Å². The summed E-state index contributed by atoms with van der Waals surface area (Å²) in [6.07, 6.45) is 4.00. The Bertz CT molecular complexity index is 1640. The second kappa shape index (κ2) is 12.9. The number of aliphatic hydroxyl groups is 2. The molecule has 6 rings (SSSR count).